The fourth-order valence-corrected chi connectivity index (χ4v) is 2.99. The number of morpholine rings is 1. The molecule has 134 valence electrons. The minimum atomic E-state index is -0.367. The number of carbonyl (C=O) groups is 1. The average Bonchev–Trinajstić information content (AvgIpc) is 3.04. The molecule has 1 amide bonds. The maximum atomic E-state index is 13.0. The minimum absolute atomic E-state index is 0.280. The average molecular weight is 354 g/mol. The first-order valence-corrected chi connectivity index (χ1v) is 8.53. The van der Waals surface area contributed by atoms with E-state index in [9.17, 15) is 9.18 Å². The number of hydrogen-bond donors (Lipinski definition) is 2. The quantitative estimate of drug-likeness (QED) is 0.756. The number of nitrogens with one attached hydrogen (secondary N) is 2. The highest BCUT2D eigenvalue weighted by Crippen LogP contribution is 2.19. The molecule has 3 aromatic rings. The molecule has 1 aromatic heterocycles. The molecule has 0 radical (unpaired) electrons. The Morgan fingerprint density at radius 3 is 2.73 bits per heavy atom. The van der Waals surface area contributed by atoms with Crippen molar-refractivity contribution in [3.05, 3.63) is 59.7 Å². The molecule has 0 saturated carbocycles. The number of ether oxygens (including phenoxy) is 1. The van der Waals surface area contributed by atoms with Crippen LogP contribution in [0.1, 0.15) is 16.2 Å². The molecule has 0 bridgehead atoms. The van der Waals surface area contributed by atoms with Crippen LogP contribution in [0.3, 0.4) is 0 Å². The van der Waals surface area contributed by atoms with Crippen LogP contribution in [-0.4, -0.2) is 47.1 Å². The van der Waals surface area contributed by atoms with Gasteiger partial charge in [0.15, 0.2) is 0 Å². The number of fused-ring (bicyclic) bond motifs is 1. The van der Waals surface area contributed by atoms with Crippen LogP contribution in [0.15, 0.2) is 42.5 Å². The van der Waals surface area contributed by atoms with Crippen molar-refractivity contribution in [2.75, 3.05) is 31.6 Å². The number of aromatic amines is 1. The number of rotatable bonds is 4. The van der Waals surface area contributed by atoms with Gasteiger partial charge >= 0.3 is 0 Å². The number of imidazole rings is 1. The highest BCUT2D eigenvalue weighted by atomic mass is 19.1. The Morgan fingerprint density at radius 2 is 1.96 bits per heavy atom. The third-order valence-corrected chi connectivity index (χ3v) is 4.37. The molecule has 2 N–H and O–H groups in total. The molecule has 2 aromatic carbocycles. The zero-order chi connectivity index (χ0) is 17.9. The van der Waals surface area contributed by atoms with Gasteiger partial charge in [-0.3, -0.25) is 9.69 Å². The van der Waals surface area contributed by atoms with Gasteiger partial charge in [-0.2, -0.15) is 0 Å². The summed E-state index contributed by atoms with van der Waals surface area (Å²) in [5, 5.41) is 2.82. The van der Waals surface area contributed by atoms with E-state index in [0.717, 1.165) is 49.7 Å². The molecule has 1 saturated heterocycles. The van der Waals surface area contributed by atoms with E-state index in [2.05, 4.69) is 20.2 Å². The molecular formula is C19H19FN4O2. The first-order chi connectivity index (χ1) is 12.7. The fraction of sp³-hybridized carbons (Fsp3) is 0.263. The van der Waals surface area contributed by atoms with Gasteiger partial charge in [0, 0.05) is 24.3 Å². The van der Waals surface area contributed by atoms with Crippen molar-refractivity contribution in [2.24, 2.45) is 0 Å². The minimum Gasteiger partial charge on any atom is -0.379 e. The maximum absolute atomic E-state index is 13.0. The summed E-state index contributed by atoms with van der Waals surface area (Å²) in [7, 11) is 0. The van der Waals surface area contributed by atoms with Crippen molar-refractivity contribution in [3.63, 3.8) is 0 Å². The lowest BCUT2D eigenvalue weighted by atomic mass is 10.2. The van der Waals surface area contributed by atoms with Crippen LogP contribution >= 0.6 is 0 Å². The van der Waals surface area contributed by atoms with Gasteiger partial charge in [-0.15, -0.1) is 0 Å². The van der Waals surface area contributed by atoms with Crippen molar-refractivity contribution in [3.8, 4) is 0 Å². The second-order valence-corrected chi connectivity index (χ2v) is 6.26. The van der Waals surface area contributed by atoms with Crippen molar-refractivity contribution in [1.82, 2.24) is 14.9 Å². The van der Waals surface area contributed by atoms with Crippen LogP contribution in [0.5, 0.6) is 0 Å². The van der Waals surface area contributed by atoms with Crippen molar-refractivity contribution >= 4 is 22.6 Å². The van der Waals surface area contributed by atoms with E-state index in [-0.39, 0.29) is 11.7 Å². The SMILES string of the molecule is O=C(Nc1ccc2nc(CN3CCOCC3)[nH]c2c1)c1ccc(F)cc1. The second-order valence-electron chi connectivity index (χ2n) is 6.26. The molecule has 1 aliphatic heterocycles. The maximum Gasteiger partial charge on any atom is 0.255 e. The molecule has 6 nitrogen and oxygen atoms in total. The highest BCUT2D eigenvalue weighted by Gasteiger charge is 2.13. The Balaban J connectivity index is 1.48. The van der Waals surface area contributed by atoms with Gasteiger partial charge < -0.3 is 15.0 Å². The van der Waals surface area contributed by atoms with E-state index < -0.39 is 0 Å². The largest absolute Gasteiger partial charge is 0.379 e. The van der Waals surface area contributed by atoms with Crippen molar-refractivity contribution < 1.29 is 13.9 Å². The van der Waals surface area contributed by atoms with E-state index in [1.54, 1.807) is 0 Å². The van der Waals surface area contributed by atoms with Gasteiger partial charge in [0.1, 0.15) is 11.6 Å². The van der Waals surface area contributed by atoms with Gasteiger partial charge in [-0.25, -0.2) is 9.37 Å². The van der Waals surface area contributed by atoms with Crippen LogP contribution in [0.2, 0.25) is 0 Å². The number of halogens is 1. The van der Waals surface area contributed by atoms with Crippen LogP contribution < -0.4 is 5.32 Å². The highest BCUT2D eigenvalue weighted by molar-refractivity contribution is 6.04. The lowest BCUT2D eigenvalue weighted by molar-refractivity contribution is 0.0332. The number of aromatic nitrogens is 2. The van der Waals surface area contributed by atoms with Crippen LogP contribution in [0.25, 0.3) is 11.0 Å². The summed E-state index contributed by atoms with van der Waals surface area (Å²) < 4.78 is 18.3. The molecule has 1 fully saturated rings. The predicted molar refractivity (Wildman–Crippen MR) is 96.5 cm³/mol. The fourth-order valence-electron chi connectivity index (χ4n) is 2.99. The molecule has 2 heterocycles. The molecule has 4 rings (SSSR count). The Bertz CT molecular complexity index is 917. The van der Waals surface area contributed by atoms with E-state index in [4.69, 9.17) is 4.74 Å². The third-order valence-electron chi connectivity index (χ3n) is 4.37. The zero-order valence-electron chi connectivity index (χ0n) is 14.2. The van der Waals surface area contributed by atoms with Gasteiger partial charge in [-0.05, 0) is 42.5 Å². The lowest BCUT2D eigenvalue weighted by Crippen LogP contribution is -2.35. The topological polar surface area (TPSA) is 70.2 Å². The summed E-state index contributed by atoms with van der Waals surface area (Å²) in [6.45, 7) is 4.04. The number of anilines is 1. The molecule has 0 spiro atoms. The van der Waals surface area contributed by atoms with E-state index in [1.165, 1.54) is 24.3 Å². The molecule has 0 atom stereocenters. The summed E-state index contributed by atoms with van der Waals surface area (Å²) in [4.78, 5) is 22.5. The number of amides is 1. The zero-order valence-corrected chi connectivity index (χ0v) is 14.2. The molecule has 1 aliphatic rings. The normalized spacial score (nSPS) is 15.3. The summed E-state index contributed by atoms with van der Waals surface area (Å²) in [6, 6.07) is 11.0. The van der Waals surface area contributed by atoms with Crippen LogP contribution in [0.4, 0.5) is 10.1 Å². The number of benzene rings is 2. The summed E-state index contributed by atoms with van der Waals surface area (Å²) in [5.41, 5.74) is 2.79. The lowest BCUT2D eigenvalue weighted by Gasteiger charge is -2.25. The summed E-state index contributed by atoms with van der Waals surface area (Å²) >= 11 is 0. The Labute approximate surface area is 150 Å². The van der Waals surface area contributed by atoms with E-state index >= 15 is 0 Å². The standard InChI is InChI=1S/C19H19FN4O2/c20-14-3-1-13(2-4-14)19(25)21-15-5-6-16-17(11-15)23-18(22-16)12-24-7-9-26-10-8-24/h1-6,11H,7-10,12H2,(H,21,25)(H,22,23). The number of hydrogen-bond acceptors (Lipinski definition) is 4. The third kappa shape index (κ3) is 3.74. The van der Waals surface area contributed by atoms with Crippen LogP contribution in [-0.2, 0) is 11.3 Å². The number of H-pyrrole nitrogens is 1. The van der Waals surface area contributed by atoms with Gasteiger partial charge in [0.25, 0.3) is 5.91 Å². The number of nitrogens with zero attached hydrogens (tertiary/aromatic N) is 2. The Kier molecular flexibility index (Phi) is 4.64. The van der Waals surface area contributed by atoms with Gasteiger partial charge in [0.2, 0.25) is 0 Å². The summed E-state index contributed by atoms with van der Waals surface area (Å²) in [6.07, 6.45) is 0. The van der Waals surface area contributed by atoms with E-state index in [1.807, 2.05) is 18.2 Å². The molecule has 7 heteroatoms. The Hall–Kier alpha value is -2.77. The first-order valence-electron chi connectivity index (χ1n) is 8.53. The van der Waals surface area contributed by atoms with Gasteiger partial charge in [-0.1, -0.05) is 0 Å². The monoisotopic (exact) mass is 354 g/mol. The van der Waals surface area contributed by atoms with Crippen molar-refractivity contribution in [2.45, 2.75) is 6.54 Å². The molecule has 0 unspecified atom stereocenters. The molecule has 26 heavy (non-hydrogen) atoms. The van der Waals surface area contributed by atoms with Crippen LogP contribution in [0, 0.1) is 5.82 Å². The second kappa shape index (κ2) is 7.23. The first kappa shape index (κ1) is 16.7. The smallest absolute Gasteiger partial charge is 0.255 e. The number of carbonyl (C=O) groups excluding carboxylic acids is 1. The molecular weight excluding hydrogens is 335 g/mol. The van der Waals surface area contributed by atoms with Crippen molar-refractivity contribution in [1.29, 1.82) is 0 Å². The predicted octanol–water partition coefficient (Wildman–Crippen LogP) is 2.79. The molecule has 0 aliphatic carbocycles. The Morgan fingerprint density at radius 1 is 1.19 bits per heavy atom. The summed E-state index contributed by atoms with van der Waals surface area (Å²) in [5.74, 6) is 0.245. The van der Waals surface area contributed by atoms with Gasteiger partial charge in [0.05, 0.1) is 30.8 Å². The van der Waals surface area contributed by atoms with E-state index in [0.29, 0.717) is 11.3 Å².